The summed E-state index contributed by atoms with van der Waals surface area (Å²) in [7, 11) is 0. The lowest BCUT2D eigenvalue weighted by Gasteiger charge is -2.11. The van der Waals surface area contributed by atoms with Gasteiger partial charge in [0.1, 0.15) is 5.76 Å². The zero-order valence-corrected chi connectivity index (χ0v) is 11.2. The highest BCUT2D eigenvalue weighted by atomic mass is 16.5. The van der Waals surface area contributed by atoms with E-state index in [9.17, 15) is 0 Å². The predicted octanol–water partition coefficient (Wildman–Crippen LogP) is 1.71. The quantitative estimate of drug-likeness (QED) is 0.618. The van der Waals surface area contributed by atoms with Crippen LogP contribution in [0.1, 0.15) is 43.7 Å². The van der Waals surface area contributed by atoms with Crippen LogP contribution in [0.2, 0.25) is 0 Å². The van der Waals surface area contributed by atoms with E-state index in [1.165, 1.54) is 0 Å². The van der Waals surface area contributed by atoms with Gasteiger partial charge in [0.15, 0.2) is 5.96 Å². The van der Waals surface area contributed by atoms with Gasteiger partial charge >= 0.3 is 0 Å². The summed E-state index contributed by atoms with van der Waals surface area (Å²) in [6.07, 6.45) is 0. The SMILES string of the molecule is Cc1noc(C)c1C(C)CN=C(N)NC(C)C. The van der Waals surface area contributed by atoms with Gasteiger partial charge in [0, 0.05) is 24.1 Å². The molecule has 0 radical (unpaired) electrons. The molecule has 1 aromatic heterocycles. The first kappa shape index (κ1) is 13.5. The summed E-state index contributed by atoms with van der Waals surface area (Å²) in [5.74, 6) is 1.60. The number of aromatic nitrogens is 1. The van der Waals surface area contributed by atoms with Gasteiger partial charge in [-0.2, -0.15) is 0 Å². The average molecular weight is 238 g/mol. The fraction of sp³-hybridized carbons (Fsp3) is 0.667. The third kappa shape index (κ3) is 3.76. The maximum atomic E-state index is 5.75. The van der Waals surface area contributed by atoms with Gasteiger partial charge in [-0.3, -0.25) is 4.99 Å². The molecule has 1 aromatic rings. The lowest BCUT2D eigenvalue weighted by Crippen LogP contribution is -2.37. The van der Waals surface area contributed by atoms with Crippen molar-refractivity contribution in [1.82, 2.24) is 10.5 Å². The number of nitrogens with two attached hydrogens (primary N) is 1. The van der Waals surface area contributed by atoms with Crippen molar-refractivity contribution >= 4 is 5.96 Å². The Bertz CT molecular complexity index is 376. The van der Waals surface area contributed by atoms with E-state index >= 15 is 0 Å². The minimum atomic E-state index is 0.258. The lowest BCUT2D eigenvalue weighted by atomic mass is 10.00. The first-order valence-corrected chi connectivity index (χ1v) is 5.91. The fourth-order valence-corrected chi connectivity index (χ4v) is 1.86. The molecule has 96 valence electrons. The van der Waals surface area contributed by atoms with E-state index in [1.807, 2.05) is 27.7 Å². The highest BCUT2D eigenvalue weighted by Gasteiger charge is 2.15. The summed E-state index contributed by atoms with van der Waals surface area (Å²) in [6.45, 7) is 10.7. The van der Waals surface area contributed by atoms with Crippen LogP contribution in [0.4, 0.5) is 0 Å². The van der Waals surface area contributed by atoms with Crippen molar-refractivity contribution in [1.29, 1.82) is 0 Å². The van der Waals surface area contributed by atoms with Crippen LogP contribution in [-0.2, 0) is 0 Å². The molecular weight excluding hydrogens is 216 g/mol. The number of hydrogen-bond donors (Lipinski definition) is 2. The zero-order valence-electron chi connectivity index (χ0n) is 11.2. The van der Waals surface area contributed by atoms with E-state index in [0.717, 1.165) is 17.0 Å². The second kappa shape index (κ2) is 5.70. The predicted molar refractivity (Wildman–Crippen MR) is 69.2 cm³/mol. The molecule has 1 rings (SSSR count). The van der Waals surface area contributed by atoms with Crippen molar-refractivity contribution in [3.05, 3.63) is 17.0 Å². The molecule has 1 heterocycles. The third-order valence-corrected chi connectivity index (χ3v) is 2.55. The molecule has 0 bridgehead atoms. The summed E-state index contributed by atoms with van der Waals surface area (Å²) >= 11 is 0. The summed E-state index contributed by atoms with van der Waals surface area (Å²) in [5.41, 5.74) is 7.81. The van der Waals surface area contributed by atoms with Crippen LogP contribution in [0.15, 0.2) is 9.52 Å². The molecular formula is C12H22N4O. The molecule has 17 heavy (non-hydrogen) atoms. The fourth-order valence-electron chi connectivity index (χ4n) is 1.86. The van der Waals surface area contributed by atoms with E-state index in [-0.39, 0.29) is 5.92 Å². The summed E-state index contributed by atoms with van der Waals surface area (Å²) in [5, 5.41) is 7.00. The minimum absolute atomic E-state index is 0.258. The van der Waals surface area contributed by atoms with E-state index < -0.39 is 0 Å². The van der Waals surface area contributed by atoms with Gasteiger partial charge in [0.25, 0.3) is 0 Å². The van der Waals surface area contributed by atoms with Crippen LogP contribution >= 0.6 is 0 Å². The van der Waals surface area contributed by atoms with Crippen molar-refractivity contribution in [2.45, 2.75) is 46.6 Å². The van der Waals surface area contributed by atoms with Gasteiger partial charge in [-0.25, -0.2) is 0 Å². The lowest BCUT2D eigenvalue weighted by molar-refractivity contribution is 0.391. The standard InChI is InChI=1S/C12H22N4O/c1-7(2)15-12(13)14-6-8(3)11-9(4)16-17-10(11)5/h7-8H,6H2,1-5H3,(H3,13,14,15). The molecule has 0 aromatic carbocycles. The molecule has 1 unspecified atom stereocenters. The van der Waals surface area contributed by atoms with Crippen molar-refractivity contribution < 1.29 is 4.52 Å². The Morgan fingerprint density at radius 1 is 1.41 bits per heavy atom. The van der Waals surface area contributed by atoms with Gasteiger partial charge < -0.3 is 15.6 Å². The normalized spacial score (nSPS) is 14.1. The molecule has 5 heteroatoms. The molecule has 0 fully saturated rings. The maximum absolute atomic E-state index is 5.75. The Kier molecular flexibility index (Phi) is 4.54. The number of nitrogens with one attached hydrogen (secondary N) is 1. The van der Waals surface area contributed by atoms with Crippen LogP contribution in [0, 0.1) is 13.8 Å². The number of aryl methyl sites for hydroxylation is 2. The van der Waals surface area contributed by atoms with Crippen LogP contribution in [0.5, 0.6) is 0 Å². The van der Waals surface area contributed by atoms with Crippen molar-refractivity contribution in [2.75, 3.05) is 6.54 Å². The molecule has 0 aliphatic heterocycles. The van der Waals surface area contributed by atoms with Gasteiger partial charge in [-0.1, -0.05) is 12.1 Å². The van der Waals surface area contributed by atoms with Crippen LogP contribution in [-0.4, -0.2) is 23.7 Å². The molecule has 3 N–H and O–H groups in total. The number of aliphatic imine (C=N–C) groups is 1. The number of hydrogen-bond acceptors (Lipinski definition) is 3. The van der Waals surface area contributed by atoms with Gasteiger partial charge in [-0.05, 0) is 27.7 Å². The van der Waals surface area contributed by atoms with Crippen LogP contribution in [0.25, 0.3) is 0 Å². The summed E-state index contributed by atoms with van der Waals surface area (Å²) < 4.78 is 5.14. The second-order valence-electron chi connectivity index (χ2n) is 4.66. The maximum Gasteiger partial charge on any atom is 0.188 e. The number of rotatable bonds is 4. The molecule has 0 saturated carbocycles. The number of guanidine groups is 1. The molecule has 0 aliphatic carbocycles. The van der Waals surface area contributed by atoms with Crippen molar-refractivity contribution in [3.63, 3.8) is 0 Å². The Morgan fingerprint density at radius 2 is 2.06 bits per heavy atom. The number of nitrogens with zero attached hydrogens (tertiary/aromatic N) is 2. The molecule has 1 atom stereocenters. The van der Waals surface area contributed by atoms with Gasteiger partial charge in [0.2, 0.25) is 0 Å². The van der Waals surface area contributed by atoms with Gasteiger partial charge in [0.05, 0.1) is 5.69 Å². The first-order valence-electron chi connectivity index (χ1n) is 5.91. The summed E-state index contributed by atoms with van der Waals surface area (Å²) in [6, 6.07) is 0.299. The smallest absolute Gasteiger partial charge is 0.188 e. The largest absolute Gasteiger partial charge is 0.370 e. The third-order valence-electron chi connectivity index (χ3n) is 2.55. The summed E-state index contributed by atoms with van der Waals surface area (Å²) in [4.78, 5) is 4.32. The van der Waals surface area contributed by atoms with E-state index in [2.05, 4.69) is 22.4 Å². The van der Waals surface area contributed by atoms with Crippen molar-refractivity contribution in [2.24, 2.45) is 10.7 Å². The van der Waals surface area contributed by atoms with E-state index in [1.54, 1.807) is 0 Å². The molecule has 0 saturated heterocycles. The first-order chi connectivity index (χ1) is 7.91. The zero-order chi connectivity index (χ0) is 13.0. The Morgan fingerprint density at radius 3 is 2.53 bits per heavy atom. The Balaban J connectivity index is 2.64. The molecule has 0 amide bonds. The second-order valence-corrected chi connectivity index (χ2v) is 4.66. The van der Waals surface area contributed by atoms with Crippen molar-refractivity contribution in [3.8, 4) is 0 Å². The van der Waals surface area contributed by atoms with Crippen LogP contribution in [0.3, 0.4) is 0 Å². The highest BCUT2D eigenvalue weighted by molar-refractivity contribution is 5.78. The molecule has 5 nitrogen and oxygen atoms in total. The van der Waals surface area contributed by atoms with Crippen LogP contribution < -0.4 is 11.1 Å². The van der Waals surface area contributed by atoms with E-state index in [4.69, 9.17) is 10.3 Å². The molecule has 0 aliphatic rings. The average Bonchev–Trinajstić information content (AvgIpc) is 2.54. The minimum Gasteiger partial charge on any atom is -0.370 e. The Labute approximate surface area is 102 Å². The molecule has 0 spiro atoms. The topological polar surface area (TPSA) is 76.4 Å². The van der Waals surface area contributed by atoms with E-state index in [0.29, 0.717) is 18.5 Å². The highest BCUT2D eigenvalue weighted by Crippen LogP contribution is 2.22. The van der Waals surface area contributed by atoms with Gasteiger partial charge in [-0.15, -0.1) is 0 Å². The monoisotopic (exact) mass is 238 g/mol. The Hall–Kier alpha value is -1.52.